The van der Waals surface area contributed by atoms with Crippen LogP contribution in [-0.4, -0.2) is 18.5 Å². The molecule has 6 heavy (non-hydrogen) atoms. The standard InChI is InChI=1S/C3H8O2.Hf/c1-3(4)5-2;/h3-4H,1-2H3;. The molecule has 0 radical (unpaired) electrons. The minimum Gasteiger partial charge on any atom is -0.368 e. The van der Waals surface area contributed by atoms with E-state index < -0.39 is 6.29 Å². The van der Waals surface area contributed by atoms with E-state index in [-0.39, 0.29) is 25.8 Å². The molecule has 0 aromatic rings. The van der Waals surface area contributed by atoms with Crippen LogP contribution < -0.4 is 0 Å². The fraction of sp³-hybridized carbons (Fsp3) is 1.00. The van der Waals surface area contributed by atoms with Crippen LogP contribution in [0, 0.1) is 0 Å². The third-order valence-corrected chi connectivity index (χ3v) is 0.341. The first kappa shape index (κ1) is 9.92. The summed E-state index contributed by atoms with van der Waals surface area (Å²) in [6, 6.07) is 0. The molecule has 0 saturated carbocycles. The maximum absolute atomic E-state index is 8.14. The van der Waals surface area contributed by atoms with Gasteiger partial charge >= 0.3 is 0 Å². The minimum absolute atomic E-state index is 0. The Balaban J connectivity index is 0. The van der Waals surface area contributed by atoms with Crippen molar-refractivity contribution in [2.24, 2.45) is 0 Å². The van der Waals surface area contributed by atoms with Gasteiger partial charge in [0, 0.05) is 33.0 Å². The van der Waals surface area contributed by atoms with E-state index in [2.05, 4.69) is 4.74 Å². The number of ether oxygens (including phenoxy) is 1. The van der Waals surface area contributed by atoms with Crippen LogP contribution >= 0.6 is 0 Å². The Kier molecular flexibility index (Phi) is 9.57. The molecule has 36 valence electrons. The summed E-state index contributed by atoms with van der Waals surface area (Å²) in [5, 5.41) is 8.14. The van der Waals surface area contributed by atoms with Crippen molar-refractivity contribution in [3.05, 3.63) is 0 Å². The molecule has 0 amide bonds. The van der Waals surface area contributed by atoms with Crippen molar-refractivity contribution >= 4 is 0 Å². The largest absolute Gasteiger partial charge is 0.368 e. The summed E-state index contributed by atoms with van der Waals surface area (Å²) in [5.41, 5.74) is 0. The summed E-state index contributed by atoms with van der Waals surface area (Å²) in [5.74, 6) is 0. The van der Waals surface area contributed by atoms with E-state index in [4.69, 9.17) is 5.11 Å². The van der Waals surface area contributed by atoms with Crippen LogP contribution in [0.2, 0.25) is 0 Å². The van der Waals surface area contributed by atoms with E-state index in [9.17, 15) is 0 Å². The van der Waals surface area contributed by atoms with E-state index in [0.717, 1.165) is 0 Å². The second-order valence-electron chi connectivity index (χ2n) is 0.835. The molecule has 0 aromatic heterocycles. The molecule has 0 bridgehead atoms. The molecule has 0 spiro atoms. The molecule has 0 aromatic carbocycles. The van der Waals surface area contributed by atoms with Crippen molar-refractivity contribution in [3.8, 4) is 0 Å². The summed E-state index contributed by atoms with van der Waals surface area (Å²) in [6.07, 6.45) is -0.616. The molecule has 0 fully saturated rings. The zero-order valence-electron chi connectivity index (χ0n) is 3.93. The molecule has 0 aliphatic rings. The molecule has 0 rings (SSSR count). The number of hydrogen-bond donors (Lipinski definition) is 1. The molecule has 0 saturated heterocycles. The predicted molar refractivity (Wildman–Crippen MR) is 18.7 cm³/mol. The molecule has 3 heteroatoms. The van der Waals surface area contributed by atoms with Gasteiger partial charge in [-0.3, -0.25) is 0 Å². The summed E-state index contributed by atoms with van der Waals surface area (Å²) in [4.78, 5) is 0. The number of hydrogen-bond acceptors (Lipinski definition) is 2. The van der Waals surface area contributed by atoms with E-state index in [1.807, 2.05) is 0 Å². The zero-order chi connectivity index (χ0) is 4.28. The molecule has 0 aliphatic carbocycles. The average molecular weight is 255 g/mol. The van der Waals surface area contributed by atoms with Gasteiger partial charge in [0.05, 0.1) is 0 Å². The Morgan fingerprint density at radius 1 is 1.67 bits per heavy atom. The van der Waals surface area contributed by atoms with Gasteiger partial charge in [-0.1, -0.05) is 0 Å². The Hall–Kier alpha value is 0.790. The van der Waals surface area contributed by atoms with E-state index in [1.165, 1.54) is 7.11 Å². The molecular formula is C3H8HfO2. The van der Waals surface area contributed by atoms with Crippen molar-refractivity contribution in [3.63, 3.8) is 0 Å². The first-order chi connectivity index (χ1) is 2.27. The Bertz CT molecular complexity index is 22.8. The fourth-order valence-corrected chi connectivity index (χ4v) is 0. The van der Waals surface area contributed by atoms with Crippen LogP contribution in [0.5, 0.6) is 0 Å². The number of methoxy groups -OCH3 is 1. The van der Waals surface area contributed by atoms with Crippen LogP contribution in [0.3, 0.4) is 0 Å². The SMILES string of the molecule is COC(C)O.[Hf]. The van der Waals surface area contributed by atoms with E-state index in [0.29, 0.717) is 0 Å². The quantitative estimate of drug-likeness (QED) is 0.526. The molecule has 1 unspecified atom stereocenters. The maximum atomic E-state index is 8.14. The van der Waals surface area contributed by atoms with Crippen molar-refractivity contribution in [1.82, 2.24) is 0 Å². The van der Waals surface area contributed by atoms with Crippen LogP contribution in [0.4, 0.5) is 0 Å². The third-order valence-electron chi connectivity index (χ3n) is 0.341. The molecule has 0 heterocycles. The Labute approximate surface area is 56.3 Å². The number of rotatable bonds is 1. The van der Waals surface area contributed by atoms with Gasteiger partial charge in [0.15, 0.2) is 6.29 Å². The summed E-state index contributed by atoms with van der Waals surface area (Å²) >= 11 is 0. The fourth-order valence-electron chi connectivity index (χ4n) is 0. The third kappa shape index (κ3) is 8.84. The maximum Gasteiger partial charge on any atom is 0.151 e. The van der Waals surface area contributed by atoms with Crippen LogP contribution in [-0.2, 0) is 30.6 Å². The van der Waals surface area contributed by atoms with Crippen molar-refractivity contribution in [2.45, 2.75) is 13.2 Å². The zero-order valence-corrected chi connectivity index (χ0v) is 7.53. The second-order valence-corrected chi connectivity index (χ2v) is 0.835. The van der Waals surface area contributed by atoms with Crippen molar-refractivity contribution in [1.29, 1.82) is 0 Å². The molecule has 1 atom stereocenters. The first-order valence-electron chi connectivity index (χ1n) is 1.48. The van der Waals surface area contributed by atoms with Gasteiger partial charge in [0.1, 0.15) is 0 Å². The molecule has 0 aliphatic heterocycles. The smallest absolute Gasteiger partial charge is 0.151 e. The molecular weight excluding hydrogens is 247 g/mol. The Morgan fingerprint density at radius 3 is 1.83 bits per heavy atom. The van der Waals surface area contributed by atoms with E-state index >= 15 is 0 Å². The molecule has 2 nitrogen and oxygen atoms in total. The Morgan fingerprint density at radius 2 is 1.83 bits per heavy atom. The topological polar surface area (TPSA) is 29.5 Å². The van der Waals surface area contributed by atoms with Gasteiger partial charge in [-0.15, -0.1) is 0 Å². The van der Waals surface area contributed by atoms with E-state index in [1.54, 1.807) is 6.92 Å². The molecule has 1 N–H and O–H groups in total. The number of aliphatic hydroxyl groups is 1. The normalized spacial score (nSPS) is 12.5. The van der Waals surface area contributed by atoms with Gasteiger partial charge in [-0.2, -0.15) is 0 Å². The monoisotopic (exact) mass is 256 g/mol. The number of aliphatic hydroxyl groups excluding tert-OH is 1. The van der Waals surface area contributed by atoms with Gasteiger partial charge < -0.3 is 9.84 Å². The van der Waals surface area contributed by atoms with Crippen LogP contribution in [0.15, 0.2) is 0 Å². The van der Waals surface area contributed by atoms with Crippen LogP contribution in [0.1, 0.15) is 6.92 Å². The predicted octanol–water partition coefficient (Wildman–Crippen LogP) is -0.0314. The van der Waals surface area contributed by atoms with Gasteiger partial charge in [-0.25, -0.2) is 0 Å². The van der Waals surface area contributed by atoms with Crippen LogP contribution in [0.25, 0.3) is 0 Å². The van der Waals surface area contributed by atoms with Crippen molar-refractivity contribution in [2.75, 3.05) is 7.11 Å². The summed E-state index contributed by atoms with van der Waals surface area (Å²) in [6.45, 7) is 1.56. The summed E-state index contributed by atoms with van der Waals surface area (Å²) in [7, 11) is 1.45. The minimum atomic E-state index is -0.616. The van der Waals surface area contributed by atoms with Crippen molar-refractivity contribution < 1.29 is 35.7 Å². The summed E-state index contributed by atoms with van der Waals surface area (Å²) < 4.78 is 4.31. The second kappa shape index (κ2) is 5.79. The van der Waals surface area contributed by atoms with Gasteiger partial charge in [0.25, 0.3) is 0 Å². The average Bonchev–Trinajstić information content (AvgIpc) is 1.38. The first-order valence-corrected chi connectivity index (χ1v) is 1.48. The van der Waals surface area contributed by atoms with Gasteiger partial charge in [-0.05, 0) is 6.92 Å². The van der Waals surface area contributed by atoms with Gasteiger partial charge in [0.2, 0.25) is 0 Å².